The topological polar surface area (TPSA) is 87.3 Å². The van der Waals surface area contributed by atoms with Crippen LogP contribution in [-0.2, 0) is 4.79 Å². The van der Waals surface area contributed by atoms with Crippen LogP contribution in [0.3, 0.4) is 0 Å². The first kappa shape index (κ1) is 21.6. The molecule has 1 aromatic heterocycles. The Hall–Kier alpha value is -2.08. The molecule has 1 amide bonds. The fourth-order valence-corrected chi connectivity index (χ4v) is 4.12. The zero-order chi connectivity index (χ0) is 19.3. The van der Waals surface area contributed by atoms with Crippen molar-refractivity contribution in [3.05, 3.63) is 35.8 Å². The second-order valence-corrected chi connectivity index (χ2v) is 7.56. The number of carbonyl (C=O) groups is 1. The molecule has 4 rings (SSSR count). The first-order valence-corrected chi connectivity index (χ1v) is 10.3. The highest BCUT2D eigenvalue weighted by molar-refractivity contribution is 14.0. The molecule has 0 unspecified atom stereocenters. The molecule has 1 fully saturated rings. The lowest BCUT2D eigenvalue weighted by Gasteiger charge is -2.35. The van der Waals surface area contributed by atoms with E-state index in [1.54, 1.807) is 16.2 Å². The van der Waals surface area contributed by atoms with Crippen LogP contribution in [0.15, 0.2) is 40.8 Å². The summed E-state index contributed by atoms with van der Waals surface area (Å²) in [7, 11) is 0. The Labute approximate surface area is 191 Å². The number of hydrogen-bond acceptors (Lipinski definition) is 6. The van der Waals surface area contributed by atoms with Gasteiger partial charge in [-0.3, -0.25) is 9.79 Å². The largest absolute Gasteiger partial charge is 0.482 e. The van der Waals surface area contributed by atoms with Crippen molar-refractivity contribution in [1.29, 1.82) is 0 Å². The number of rotatable bonds is 5. The molecule has 29 heavy (non-hydrogen) atoms. The lowest BCUT2D eigenvalue weighted by molar-refractivity contribution is -0.121. The molecule has 3 heterocycles. The zero-order valence-corrected chi connectivity index (χ0v) is 19.2. The van der Waals surface area contributed by atoms with Crippen molar-refractivity contribution in [1.82, 2.24) is 9.88 Å². The van der Waals surface area contributed by atoms with Gasteiger partial charge in [-0.2, -0.15) is 0 Å². The van der Waals surface area contributed by atoms with Crippen LogP contribution in [0.25, 0.3) is 0 Å². The lowest BCUT2D eigenvalue weighted by atomic mass is 10.2. The number of carbonyl (C=O) groups excluding carboxylic acids is 1. The normalized spacial score (nSPS) is 16.9. The molecule has 156 valence electrons. The average Bonchev–Trinajstić information content (AvgIpc) is 3.27. The number of hydrogen-bond donors (Lipinski definition) is 1. The summed E-state index contributed by atoms with van der Waals surface area (Å²) in [5.41, 5.74) is 7.01. The van der Waals surface area contributed by atoms with Gasteiger partial charge in [-0.1, -0.05) is 12.1 Å². The van der Waals surface area contributed by atoms with Gasteiger partial charge in [0, 0.05) is 50.8 Å². The summed E-state index contributed by atoms with van der Waals surface area (Å²) < 4.78 is 5.47. The van der Waals surface area contributed by atoms with E-state index in [1.165, 1.54) is 0 Å². The average molecular weight is 528 g/mol. The van der Waals surface area contributed by atoms with Gasteiger partial charge in [-0.25, -0.2) is 4.98 Å². The highest BCUT2D eigenvalue weighted by Gasteiger charge is 2.24. The van der Waals surface area contributed by atoms with Gasteiger partial charge in [-0.15, -0.1) is 35.3 Å². The highest BCUT2D eigenvalue weighted by Crippen LogP contribution is 2.31. The Morgan fingerprint density at radius 1 is 1.24 bits per heavy atom. The maximum absolute atomic E-state index is 12.2. The number of benzene rings is 1. The van der Waals surface area contributed by atoms with Gasteiger partial charge in [0.2, 0.25) is 0 Å². The van der Waals surface area contributed by atoms with E-state index in [4.69, 9.17) is 10.5 Å². The van der Waals surface area contributed by atoms with E-state index >= 15 is 0 Å². The molecule has 0 bridgehead atoms. The SMILES string of the molecule is I.NC(=NCCCN1C(=O)COc2ccccc21)N1CCN(c2nccs2)CC1. The quantitative estimate of drug-likeness (QED) is 0.277. The van der Waals surface area contributed by atoms with Crippen LogP contribution in [-0.4, -0.2) is 67.6 Å². The van der Waals surface area contributed by atoms with Crippen molar-refractivity contribution >= 4 is 58.0 Å². The third-order valence-corrected chi connectivity index (χ3v) is 5.75. The number of thiazole rings is 1. The van der Waals surface area contributed by atoms with E-state index in [2.05, 4.69) is 19.8 Å². The molecule has 1 saturated heterocycles. The fraction of sp³-hybridized carbons (Fsp3) is 0.421. The van der Waals surface area contributed by atoms with Crippen LogP contribution < -0.4 is 20.3 Å². The standard InChI is InChI=1S/C19H24N6O2S.HI/c20-18(23-9-11-24(12-10-23)19-22-7-13-28-19)21-6-3-8-25-15-4-1-2-5-16(15)27-14-17(25)26;/h1-2,4-5,7,13H,3,6,8-12,14H2,(H2,20,21);1H. The number of anilines is 2. The van der Waals surface area contributed by atoms with Crippen molar-refractivity contribution < 1.29 is 9.53 Å². The molecule has 0 aliphatic carbocycles. The van der Waals surface area contributed by atoms with E-state index in [0.717, 1.165) is 49.2 Å². The van der Waals surface area contributed by atoms with E-state index < -0.39 is 0 Å². The van der Waals surface area contributed by atoms with Gasteiger partial charge in [-0.05, 0) is 18.6 Å². The van der Waals surface area contributed by atoms with Gasteiger partial charge >= 0.3 is 0 Å². The maximum Gasteiger partial charge on any atom is 0.265 e. The number of aliphatic imine (C=N–C) groups is 1. The van der Waals surface area contributed by atoms with Crippen LogP contribution in [0.2, 0.25) is 0 Å². The van der Waals surface area contributed by atoms with Gasteiger partial charge < -0.3 is 25.2 Å². The first-order chi connectivity index (χ1) is 13.7. The van der Waals surface area contributed by atoms with E-state index in [1.807, 2.05) is 35.8 Å². The summed E-state index contributed by atoms with van der Waals surface area (Å²) in [5.74, 6) is 1.31. The second-order valence-electron chi connectivity index (χ2n) is 6.68. The molecule has 2 aliphatic rings. The Morgan fingerprint density at radius 3 is 2.79 bits per heavy atom. The van der Waals surface area contributed by atoms with Crippen LogP contribution in [0, 0.1) is 0 Å². The number of halogens is 1. The van der Waals surface area contributed by atoms with Crippen molar-refractivity contribution in [2.24, 2.45) is 10.7 Å². The summed E-state index contributed by atoms with van der Waals surface area (Å²) in [6.07, 6.45) is 2.58. The predicted molar refractivity (Wildman–Crippen MR) is 127 cm³/mol. The molecule has 2 N–H and O–H groups in total. The number of aromatic nitrogens is 1. The highest BCUT2D eigenvalue weighted by atomic mass is 127. The molecule has 0 saturated carbocycles. The number of amides is 1. The first-order valence-electron chi connectivity index (χ1n) is 9.44. The molecule has 0 radical (unpaired) electrons. The summed E-state index contributed by atoms with van der Waals surface area (Å²) in [5, 5.41) is 3.06. The molecule has 0 spiro atoms. The van der Waals surface area contributed by atoms with E-state index in [-0.39, 0.29) is 36.5 Å². The van der Waals surface area contributed by atoms with Crippen molar-refractivity contribution in [3.8, 4) is 5.75 Å². The number of fused-ring (bicyclic) bond motifs is 1. The third kappa shape index (κ3) is 5.10. The smallest absolute Gasteiger partial charge is 0.265 e. The monoisotopic (exact) mass is 528 g/mol. The summed E-state index contributed by atoms with van der Waals surface area (Å²) in [4.78, 5) is 27.2. The Bertz CT molecular complexity index is 839. The molecule has 2 aromatic rings. The minimum atomic E-state index is -0.0195. The van der Waals surface area contributed by atoms with Crippen LogP contribution in [0.1, 0.15) is 6.42 Å². The maximum atomic E-state index is 12.2. The number of guanidine groups is 1. The van der Waals surface area contributed by atoms with E-state index in [9.17, 15) is 4.79 Å². The number of para-hydroxylation sites is 2. The molecular formula is C19H25IN6O2S. The Kier molecular flexibility index (Phi) is 7.53. The Morgan fingerprint density at radius 2 is 2.03 bits per heavy atom. The molecule has 1 aromatic carbocycles. The van der Waals surface area contributed by atoms with Crippen LogP contribution in [0.4, 0.5) is 10.8 Å². The van der Waals surface area contributed by atoms with Gasteiger partial charge in [0.05, 0.1) is 5.69 Å². The lowest BCUT2D eigenvalue weighted by Crippen LogP contribution is -2.51. The van der Waals surface area contributed by atoms with Gasteiger partial charge in [0.15, 0.2) is 17.7 Å². The van der Waals surface area contributed by atoms with Crippen molar-refractivity contribution in [2.45, 2.75) is 6.42 Å². The van der Waals surface area contributed by atoms with Gasteiger partial charge in [0.1, 0.15) is 5.75 Å². The minimum absolute atomic E-state index is 0. The fourth-order valence-electron chi connectivity index (χ4n) is 3.42. The molecule has 10 heteroatoms. The van der Waals surface area contributed by atoms with Crippen LogP contribution >= 0.6 is 35.3 Å². The van der Waals surface area contributed by atoms with Crippen molar-refractivity contribution in [2.75, 3.05) is 55.7 Å². The number of nitrogens with two attached hydrogens (primary N) is 1. The van der Waals surface area contributed by atoms with Crippen molar-refractivity contribution in [3.63, 3.8) is 0 Å². The second kappa shape index (κ2) is 10.1. The minimum Gasteiger partial charge on any atom is -0.482 e. The van der Waals surface area contributed by atoms with Crippen LogP contribution in [0.5, 0.6) is 5.75 Å². The van der Waals surface area contributed by atoms with Gasteiger partial charge in [0.25, 0.3) is 5.91 Å². The van der Waals surface area contributed by atoms with E-state index in [0.29, 0.717) is 19.0 Å². The summed E-state index contributed by atoms with van der Waals surface area (Å²) >= 11 is 1.66. The number of nitrogens with zero attached hydrogens (tertiary/aromatic N) is 5. The molecular weight excluding hydrogens is 503 g/mol. The number of ether oxygens (including phenoxy) is 1. The third-order valence-electron chi connectivity index (χ3n) is 4.92. The molecule has 2 aliphatic heterocycles. The predicted octanol–water partition coefficient (Wildman–Crippen LogP) is 2.01. The Balaban J connectivity index is 0.00000240. The molecule has 8 nitrogen and oxygen atoms in total. The number of piperazine rings is 1. The summed E-state index contributed by atoms with van der Waals surface area (Å²) in [6, 6.07) is 7.61. The summed E-state index contributed by atoms with van der Waals surface area (Å²) in [6.45, 7) is 4.74. The zero-order valence-electron chi connectivity index (χ0n) is 16.1. The molecule has 0 atom stereocenters.